The predicted molar refractivity (Wildman–Crippen MR) is 147 cm³/mol. The van der Waals surface area contributed by atoms with Gasteiger partial charge in [0.05, 0.1) is 24.1 Å². The largest absolute Gasteiger partial charge is 0.494 e. The molecule has 1 amide bonds. The highest BCUT2D eigenvalue weighted by molar-refractivity contribution is 6.30. The standard InChI is InChI=1S/C30H34ClN3O2/c1-22(2)24-11-15-26(16-12-24)36-20-6-5-19-34-28-8-4-3-7-27(28)33-29(34)17-18-32-30(35)21-23-9-13-25(31)14-10-23/h3-4,7-16,22H,5-6,17-21H2,1-2H3,(H,32,35). The molecule has 1 N–H and O–H groups in total. The number of nitrogens with one attached hydrogen (secondary N) is 1. The molecule has 0 saturated carbocycles. The molecule has 0 fully saturated rings. The minimum atomic E-state index is -0.00133. The van der Waals surface area contributed by atoms with E-state index in [1.807, 2.05) is 30.3 Å². The Balaban J connectivity index is 1.27. The number of unbranched alkanes of at least 4 members (excludes halogenated alkanes) is 1. The number of nitrogens with zero attached hydrogens (tertiary/aromatic N) is 2. The molecule has 0 saturated heterocycles. The van der Waals surface area contributed by atoms with Gasteiger partial charge in [-0.15, -0.1) is 0 Å². The molecule has 0 radical (unpaired) electrons. The van der Waals surface area contributed by atoms with Crippen LogP contribution in [0.1, 0.15) is 49.6 Å². The third-order valence-electron chi connectivity index (χ3n) is 6.27. The van der Waals surface area contributed by atoms with Crippen molar-refractivity contribution in [1.29, 1.82) is 0 Å². The van der Waals surface area contributed by atoms with Crippen LogP contribution >= 0.6 is 11.6 Å². The zero-order chi connectivity index (χ0) is 25.3. The second-order valence-electron chi connectivity index (χ2n) is 9.35. The molecule has 1 aromatic heterocycles. The van der Waals surface area contributed by atoms with Gasteiger partial charge in [0.15, 0.2) is 0 Å². The Morgan fingerprint density at radius 3 is 2.50 bits per heavy atom. The van der Waals surface area contributed by atoms with E-state index in [1.54, 1.807) is 12.1 Å². The van der Waals surface area contributed by atoms with Gasteiger partial charge in [-0.05, 0) is 66.3 Å². The topological polar surface area (TPSA) is 56.1 Å². The highest BCUT2D eigenvalue weighted by atomic mass is 35.5. The summed E-state index contributed by atoms with van der Waals surface area (Å²) in [6.45, 7) is 6.48. The second kappa shape index (κ2) is 12.6. The highest BCUT2D eigenvalue weighted by Crippen LogP contribution is 2.20. The van der Waals surface area contributed by atoms with Crippen molar-refractivity contribution in [2.24, 2.45) is 0 Å². The summed E-state index contributed by atoms with van der Waals surface area (Å²) in [5, 5.41) is 3.70. The number of ether oxygens (including phenoxy) is 1. The van der Waals surface area contributed by atoms with Gasteiger partial charge in [-0.1, -0.05) is 61.8 Å². The Labute approximate surface area is 218 Å². The molecule has 5 nitrogen and oxygen atoms in total. The van der Waals surface area contributed by atoms with Crippen LogP contribution in [-0.4, -0.2) is 28.6 Å². The summed E-state index contributed by atoms with van der Waals surface area (Å²) in [5.74, 6) is 2.43. The smallest absolute Gasteiger partial charge is 0.224 e. The molecule has 188 valence electrons. The van der Waals surface area contributed by atoms with Crippen molar-refractivity contribution < 1.29 is 9.53 Å². The Morgan fingerprint density at radius 2 is 1.75 bits per heavy atom. The lowest BCUT2D eigenvalue weighted by Gasteiger charge is -2.11. The lowest BCUT2D eigenvalue weighted by atomic mass is 10.0. The van der Waals surface area contributed by atoms with Crippen LogP contribution < -0.4 is 10.1 Å². The molecule has 4 rings (SSSR count). The van der Waals surface area contributed by atoms with Crippen LogP contribution in [0.2, 0.25) is 5.02 Å². The van der Waals surface area contributed by atoms with Gasteiger partial charge in [0.2, 0.25) is 5.91 Å². The molecule has 1 heterocycles. The van der Waals surface area contributed by atoms with Crippen molar-refractivity contribution in [1.82, 2.24) is 14.9 Å². The first-order valence-corrected chi connectivity index (χ1v) is 13.1. The minimum absolute atomic E-state index is 0.00133. The van der Waals surface area contributed by atoms with Crippen molar-refractivity contribution in [3.05, 3.63) is 94.8 Å². The molecule has 3 aromatic carbocycles. The molecule has 0 unspecified atom stereocenters. The Bertz CT molecular complexity index is 1260. The fraction of sp³-hybridized carbons (Fsp3) is 0.333. The van der Waals surface area contributed by atoms with Gasteiger partial charge in [0.25, 0.3) is 0 Å². The molecule has 36 heavy (non-hydrogen) atoms. The van der Waals surface area contributed by atoms with Crippen molar-refractivity contribution >= 4 is 28.5 Å². The maximum atomic E-state index is 12.4. The van der Waals surface area contributed by atoms with E-state index in [-0.39, 0.29) is 5.91 Å². The number of rotatable bonds is 12. The van der Waals surface area contributed by atoms with Crippen LogP contribution in [0.5, 0.6) is 5.75 Å². The summed E-state index contributed by atoms with van der Waals surface area (Å²) in [7, 11) is 0. The molecule has 0 spiro atoms. The highest BCUT2D eigenvalue weighted by Gasteiger charge is 2.11. The van der Waals surface area contributed by atoms with Crippen molar-refractivity contribution in [3.63, 3.8) is 0 Å². The van der Waals surface area contributed by atoms with Gasteiger partial charge >= 0.3 is 0 Å². The van der Waals surface area contributed by atoms with Crippen molar-refractivity contribution in [2.75, 3.05) is 13.2 Å². The molecule has 0 bridgehead atoms. The average Bonchev–Trinajstić information content (AvgIpc) is 3.23. The zero-order valence-corrected chi connectivity index (χ0v) is 21.8. The summed E-state index contributed by atoms with van der Waals surface area (Å²) in [6.07, 6.45) is 2.96. The number of carbonyl (C=O) groups excluding carboxylic acids is 1. The van der Waals surface area contributed by atoms with Gasteiger partial charge in [-0.3, -0.25) is 4.79 Å². The summed E-state index contributed by atoms with van der Waals surface area (Å²) in [6, 6.07) is 24.0. The number of hydrogen-bond acceptors (Lipinski definition) is 3. The summed E-state index contributed by atoms with van der Waals surface area (Å²) >= 11 is 5.93. The monoisotopic (exact) mass is 503 g/mol. The number of fused-ring (bicyclic) bond motifs is 1. The zero-order valence-electron chi connectivity index (χ0n) is 21.0. The van der Waals surface area contributed by atoms with Crippen molar-refractivity contribution in [2.45, 2.75) is 52.0 Å². The third kappa shape index (κ3) is 7.11. The van der Waals surface area contributed by atoms with Crippen LogP contribution in [0.4, 0.5) is 0 Å². The first-order chi connectivity index (χ1) is 17.5. The van der Waals surface area contributed by atoms with Gasteiger partial charge in [-0.25, -0.2) is 4.98 Å². The van der Waals surface area contributed by atoms with Crippen LogP contribution in [0.15, 0.2) is 72.8 Å². The Kier molecular flexibility index (Phi) is 9.01. The molecule has 0 aliphatic rings. The molecular weight excluding hydrogens is 470 g/mol. The molecule has 0 atom stereocenters. The quantitative estimate of drug-likeness (QED) is 0.222. The number of carbonyl (C=O) groups is 1. The second-order valence-corrected chi connectivity index (χ2v) is 9.79. The van der Waals surface area contributed by atoms with E-state index in [0.717, 1.165) is 47.6 Å². The first kappa shape index (κ1) is 25.8. The van der Waals surface area contributed by atoms with E-state index in [4.69, 9.17) is 21.3 Å². The summed E-state index contributed by atoms with van der Waals surface area (Å²) < 4.78 is 8.22. The van der Waals surface area contributed by atoms with Crippen molar-refractivity contribution in [3.8, 4) is 5.75 Å². The lowest BCUT2D eigenvalue weighted by molar-refractivity contribution is -0.120. The van der Waals surface area contributed by atoms with E-state index in [9.17, 15) is 4.79 Å². The van der Waals surface area contributed by atoms with Crippen LogP contribution in [0.25, 0.3) is 11.0 Å². The Hall–Kier alpha value is -3.31. The van der Waals surface area contributed by atoms with E-state index in [0.29, 0.717) is 36.9 Å². The number of halogens is 1. The van der Waals surface area contributed by atoms with E-state index >= 15 is 0 Å². The number of imidazole rings is 1. The average molecular weight is 504 g/mol. The molecule has 6 heteroatoms. The number of aryl methyl sites for hydroxylation is 1. The normalized spacial score (nSPS) is 11.2. The maximum absolute atomic E-state index is 12.4. The number of aromatic nitrogens is 2. The van der Waals surface area contributed by atoms with Crippen LogP contribution in [0.3, 0.4) is 0 Å². The van der Waals surface area contributed by atoms with Gasteiger partial charge in [0.1, 0.15) is 11.6 Å². The SMILES string of the molecule is CC(C)c1ccc(OCCCCn2c(CCNC(=O)Cc3ccc(Cl)cc3)nc3ccccc32)cc1. The number of para-hydroxylation sites is 2. The van der Waals surface area contributed by atoms with Crippen LogP contribution in [-0.2, 0) is 24.2 Å². The summed E-state index contributed by atoms with van der Waals surface area (Å²) in [5.41, 5.74) is 4.39. The molecular formula is C30H34ClN3O2. The number of amides is 1. The lowest BCUT2D eigenvalue weighted by Crippen LogP contribution is -2.28. The molecule has 0 aliphatic carbocycles. The molecule has 0 aliphatic heterocycles. The number of hydrogen-bond donors (Lipinski definition) is 1. The molecule has 4 aromatic rings. The van der Waals surface area contributed by atoms with E-state index < -0.39 is 0 Å². The third-order valence-corrected chi connectivity index (χ3v) is 6.53. The van der Waals surface area contributed by atoms with Gasteiger partial charge in [0, 0.05) is 24.5 Å². The Morgan fingerprint density at radius 1 is 1.00 bits per heavy atom. The first-order valence-electron chi connectivity index (χ1n) is 12.7. The minimum Gasteiger partial charge on any atom is -0.494 e. The fourth-order valence-electron chi connectivity index (χ4n) is 4.24. The number of benzene rings is 3. The van der Waals surface area contributed by atoms with Gasteiger partial charge < -0.3 is 14.6 Å². The van der Waals surface area contributed by atoms with Gasteiger partial charge in [-0.2, -0.15) is 0 Å². The maximum Gasteiger partial charge on any atom is 0.224 e. The summed E-state index contributed by atoms with van der Waals surface area (Å²) in [4.78, 5) is 17.2. The van der Waals surface area contributed by atoms with E-state index in [1.165, 1.54) is 5.56 Å². The fourth-order valence-corrected chi connectivity index (χ4v) is 4.37. The predicted octanol–water partition coefficient (Wildman–Crippen LogP) is 6.57. The van der Waals surface area contributed by atoms with E-state index in [2.05, 4.69) is 54.1 Å². The van der Waals surface area contributed by atoms with Crippen LogP contribution in [0, 0.1) is 0 Å².